The van der Waals surface area contributed by atoms with E-state index < -0.39 is 108 Å². The van der Waals surface area contributed by atoms with Crippen LogP contribution in [0.15, 0.2) is 29.2 Å². The van der Waals surface area contributed by atoms with E-state index >= 15 is 0 Å². The Kier molecular flexibility index (Phi) is 23.5. The van der Waals surface area contributed by atoms with Crippen LogP contribution in [-0.2, 0) is 84.5 Å². The number of methoxy groups -OCH3 is 3. The molecular weight excluding hydrogens is 1050 g/mol. The fraction of sp³-hybridized carbons (Fsp3) is 0.783. The molecule has 81 heavy (non-hydrogen) atoms. The number of aliphatic hydroxyl groups excluding tert-OH is 1. The van der Waals surface area contributed by atoms with Crippen LogP contribution >= 0.6 is 0 Å². The highest BCUT2D eigenvalue weighted by atomic mass is 17.3. The zero-order valence-electron chi connectivity index (χ0n) is 50.9. The Bertz CT molecular complexity index is 2490. The van der Waals surface area contributed by atoms with Crippen molar-refractivity contribution in [3.8, 4) is 0 Å². The number of aromatic nitrogens is 1. The van der Waals surface area contributed by atoms with Crippen LogP contribution in [-0.4, -0.2) is 184 Å². The normalized spacial score (nSPS) is 36.2. The van der Waals surface area contributed by atoms with Crippen LogP contribution in [0.3, 0.4) is 0 Å². The highest BCUT2D eigenvalue weighted by Crippen LogP contribution is 2.45. The topological polar surface area (TPSA) is 237 Å². The third-order valence-corrected chi connectivity index (χ3v) is 17.5. The van der Waals surface area contributed by atoms with Gasteiger partial charge in [0, 0.05) is 76.7 Å². The second-order valence-corrected chi connectivity index (χ2v) is 23.9. The number of likely N-dealkylation sites (N-methyl/N-ethyl adjacent to an activating group) is 1. The van der Waals surface area contributed by atoms with Crippen molar-refractivity contribution in [1.29, 1.82) is 0 Å². The van der Waals surface area contributed by atoms with Gasteiger partial charge in [0.1, 0.15) is 41.9 Å². The van der Waals surface area contributed by atoms with E-state index in [0.29, 0.717) is 50.7 Å². The number of aliphatic hydroxyl groups is 1. The minimum Gasteiger partial charge on any atom is -0.460 e. The Morgan fingerprint density at radius 1 is 0.901 bits per heavy atom. The Morgan fingerprint density at radius 2 is 1.60 bits per heavy atom. The van der Waals surface area contributed by atoms with Crippen molar-refractivity contribution in [2.24, 2.45) is 23.7 Å². The van der Waals surface area contributed by atoms with Gasteiger partial charge in [-0.1, -0.05) is 33.8 Å². The molecule has 6 rings (SSSR count). The molecule has 0 unspecified atom stereocenters. The number of nitrogens with zero attached hydrogens (tertiary/aromatic N) is 2. The van der Waals surface area contributed by atoms with Crippen molar-refractivity contribution in [1.82, 2.24) is 14.8 Å². The van der Waals surface area contributed by atoms with Crippen LogP contribution in [0.5, 0.6) is 0 Å². The van der Waals surface area contributed by atoms with Crippen molar-refractivity contribution in [2.45, 2.75) is 218 Å². The van der Waals surface area contributed by atoms with Gasteiger partial charge in [-0.2, -0.15) is 0 Å². The molecule has 0 spiro atoms. The van der Waals surface area contributed by atoms with Crippen LogP contribution in [0.4, 0.5) is 0 Å². The van der Waals surface area contributed by atoms with Crippen LogP contribution in [0.25, 0.3) is 10.9 Å². The molecule has 21 nitrogen and oxygen atoms in total. The third-order valence-electron chi connectivity index (χ3n) is 17.5. The van der Waals surface area contributed by atoms with Gasteiger partial charge in [-0.25, -0.2) is 14.6 Å². The van der Waals surface area contributed by atoms with Crippen LogP contribution in [0.2, 0.25) is 0 Å². The van der Waals surface area contributed by atoms with Gasteiger partial charge < -0.3 is 67.3 Å². The van der Waals surface area contributed by atoms with Gasteiger partial charge in [-0.05, 0) is 125 Å². The van der Waals surface area contributed by atoms with Gasteiger partial charge >= 0.3 is 17.9 Å². The minimum absolute atomic E-state index is 0.0156. The Balaban J connectivity index is 1.17. The maximum atomic E-state index is 14.8. The monoisotopic (exact) mass is 1150 g/mol. The first-order chi connectivity index (χ1) is 38.3. The first-order valence-electron chi connectivity index (χ1n) is 29.2. The molecule has 1 aromatic carbocycles. The first kappa shape index (κ1) is 66.2. The van der Waals surface area contributed by atoms with Crippen molar-refractivity contribution in [3.63, 3.8) is 0 Å². The van der Waals surface area contributed by atoms with Crippen LogP contribution in [0, 0.1) is 23.7 Å². The molecule has 2 N–H and O–H groups in total. The minimum atomic E-state index is -1.22. The number of esters is 3. The predicted octanol–water partition coefficient (Wildman–Crippen LogP) is 6.11. The quantitative estimate of drug-likeness (QED) is 0.0621. The number of hydrogen-bond donors (Lipinski definition) is 2. The highest BCUT2D eigenvalue weighted by molar-refractivity contribution is 5.94. The molecule has 4 saturated heterocycles. The number of benzene rings is 1. The molecule has 5 heterocycles. The van der Waals surface area contributed by atoms with E-state index in [9.17, 15) is 29.1 Å². The second kappa shape index (κ2) is 28.7. The first-order valence-corrected chi connectivity index (χ1v) is 29.2. The number of carbonyl (C=O) groups excluding carboxylic acids is 4. The lowest BCUT2D eigenvalue weighted by Crippen LogP contribution is -2.65. The summed E-state index contributed by atoms with van der Waals surface area (Å²) in [4.78, 5) is 82.2. The standard InChI is InChI=1S/C60H95N3O18/c1-17-46-60(11)52(80-81-60)34(3)28-45(64)35(4)31-58(9,71-15)53(79-57-50(67)44(62(12)13)29-36(5)74-57)37(6)51(38(7)55(68)76-46)78-48-32-59(10,72-16)54(39(8)75-48)77-47(65)23-25-61-24-19-20-40-21-22-43-41(30-40)49(66)42(33-63(43)18-2)56(69)73-27-26-70-14/h21-22,30,33-39,44,46,48,50-54,57,61,67H,17-20,23-29,31-32H2,1-16H3/t34-,35+,36+,37-,38+,39-,44-,46+,48-,50+,51-,52+,53+,54-,57-,58+,59+,60+/m0/s1. The molecule has 0 radical (unpaired) electrons. The van der Waals surface area contributed by atoms with Crippen molar-refractivity contribution in [2.75, 3.05) is 61.7 Å². The molecule has 0 saturated carbocycles. The SMILES string of the molecule is CC[C@H]1OC(=O)[C@H](C)[C@@H](O[C@H]2C[C@@](C)(OC)[C@@H](OC(=O)CCNCCCc3ccc4c(c3)c(=O)c(C(=O)OCCOC)cn4CC)[C@H](C)O2)[C@H](C)[C@@H](O[C@@H]2O[C@H](C)C[C@H](N(C)C)[C@H]2O)[C@](C)(OC)C[C@@H](C)C(=O)C[C@H](C)[C@H]2OO[C@@]21C. The molecule has 2 aromatic rings. The number of pyridine rings is 1. The number of nitrogens with one attached hydrogen (secondary N) is 1. The predicted molar refractivity (Wildman–Crippen MR) is 299 cm³/mol. The number of hydrogen-bond acceptors (Lipinski definition) is 20. The molecule has 0 bridgehead atoms. The zero-order valence-corrected chi connectivity index (χ0v) is 50.9. The van der Waals surface area contributed by atoms with Gasteiger partial charge in [-0.3, -0.25) is 19.2 Å². The van der Waals surface area contributed by atoms with Crippen LogP contribution < -0.4 is 10.7 Å². The van der Waals surface area contributed by atoms with Crippen molar-refractivity contribution < 1.29 is 81.4 Å². The van der Waals surface area contributed by atoms with Gasteiger partial charge in [0.05, 0.1) is 54.5 Å². The summed E-state index contributed by atoms with van der Waals surface area (Å²) in [5, 5.41) is 15.6. The Hall–Kier alpha value is -3.97. The van der Waals surface area contributed by atoms with Gasteiger partial charge in [0.15, 0.2) is 24.3 Å². The summed E-state index contributed by atoms with van der Waals surface area (Å²) in [6.07, 6.45) is -3.99. The molecule has 4 aliphatic rings. The number of ketones is 1. The molecule has 21 heteroatoms. The summed E-state index contributed by atoms with van der Waals surface area (Å²) in [5.41, 5.74) is -2.14. The van der Waals surface area contributed by atoms with E-state index in [1.165, 1.54) is 14.2 Å². The average Bonchev–Trinajstić information content (AvgIpc) is 3.64. The van der Waals surface area contributed by atoms with Crippen molar-refractivity contribution >= 4 is 34.6 Å². The van der Waals surface area contributed by atoms with E-state index in [0.717, 1.165) is 11.1 Å². The molecule has 1 aromatic heterocycles. The number of fused-ring (bicyclic) bond motifs is 2. The third kappa shape index (κ3) is 15.3. The van der Waals surface area contributed by atoms with E-state index in [4.69, 9.17) is 57.1 Å². The number of rotatable bonds is 21. The summed E-state index contributed by atoms with van der Waals surface area (Å²) < 4.78 is 64.3. The molecule has 4 aliphatic heterocycles. The zero-order chi connectivity index (χ0) is 59.7. The Labute approximate surface area is 478 Å². The summed E-state index contributed by atoms with van der Waals surface area (Å²) >= 11 is 0. The van der Waals surface area contributed by atoms with E-state index in [1.807, 2.05) is 104 Å². The number of aryl methyl sites for hydroxylation is 2. The van der Waals surface area contributed by atoms with Crippen molar-refractivity contribution in [3.05, 3.63) is 45.7 Å². The lowest BCUT2D eigenvalue weighted by Gasteiger charge is -2.50. The van der Waals surface area contributed by atoms with Gasteiger partial charge in [0.2, 0.25) is 5.43 Å². The number of Topliss-reactive ketones (excluding diaryl/α,β-unsaturated/α-hetero) is 1. The molecule has 4 fully saturated rings. The number of cyclic esters (lactones) is 1. The fourth-order valence-electron chi connectivity index (χ4n) is 12.5. The summed E-state index contributed by atoms with van der Waals surface area (Å²) in [6, 6.07) is 5.39. The lowest BCUT2D eigenvalue weighted by molar-refractivity contribution is -0.526. The molecular formula is C60H95N3O18. The molecule has 0 amide bonds. The van der Waals surface area contributed by atoms with Gasteiger partial charge in [-0.15, -0.1) is 0 Å². The van der Waals surface area contributed by atoms with Gasteiger partial charge in [0.25, 0.3) is 0 Å². The maximum absolute atomic E-state index is 14.8. The van der Waals surface area contributed by atoms with E-state index in [2.05, 4.69) is 5.32 Å². The maximum Gasteiger partial charge on any atom is 0.343 e. The summed E-state index contributed by atoms with van der Waals surface area (Å²) in [6.45, 7) is 22.2. The second-order valence-electron chi connectivity index (χ2n) is 23.9. The molecule has 458 valence electrons. The highest BCUT2D eigenvalue weighted by Gasteiger charge is 2.59. The fourth-order valence-corrected chi connectivity index (χ4v) is 12.5. The lowest BCUT2D eigenvalue weighted by atomic mass is 9.75. The van der Waals surface area contributed by atoms with E-state index in [1.54, 1.807) is 27.2 Å². The van der Waals surface area contributed by atoms with Crippen LogP contribution in [0.1, 0.15) is 137 Å². The molecule has 18 atom stereocenters. The average molecular weight is 1150 g/mol. The number of carbonyl (C=O) groups is 4. The summed E-state index contributed by atoms with van der Waals surface area (Å²) in [5.74, 6) is -4.26. The summed E-state index contributed by atoms with van der Waals surface area (Å²) in [7, 11) is 8.39. The van der Waals surface area contributed by atoms with E-state index in [-0.39, 0.29) is 73.7 Å². The Morgan fingerprint density at radius 3 is 2.23 bits per heavy atom. The molecule has 0 aliphatic carbocycles. The largest absolute Gasteiger partial charge is 0.460 e. The number of ether oxygens (including phenoxy) is 10. The smallest absolute Gasteiger partial charge is 0.343 e.